The van der Waals surface area contributed by atoms with Crippen molar-refractivity contribution in [3.8, 4) is 11.1 Å². The summed E-state index contributed by atoms with van der Waals surface area (Å²) in [5, 5.41) is 6.03. The van der Waals surface area contributed by atoms with Gasteiger partial charge in [-0.15, -0.1) is 0 Å². The third-order valence-electron chi connectivity index (χ3n) is 5.58. The SMILES string of the molecule is CCC/C(C)=C(/C(=O)NCC/C=C\C=C(/C)F)C(C)Nc1ccc(C(F)(F)F)cc1-c1ccc(F)nc1. The van der Waals surface area contributed by atoms with E-state index in [-0.39, 0.29) is 17.3 Å². The Morgan fingerprint density at radius 1 is 1.16 bits per heavy atom. The molecule has 1 atom stereocenters. The number of halogens is 5. The zero-order valence-electron chi connectivity index (χ0n) is 21.3. The van der Waals surface area contributed by atoms with Gasteiger partial charge in [-0.3, -0.25) is 4.79 Å². The molecule has 200 valence electrons. The molecule has 2 rings (SSSR count). The van der Waals surface area contributed by atoms with Crippen LogP contribution in [0.3, 0.4) is 0 Å². The van der Waals surface area contributed by atoms with Crippen LogP contribution < -0.4 is 10.6 Å². The Hall–Kier alpha value is -3.49. The third kappa shape index (κ3) is 9.15. The van der Waals surface area contributed by atoms with Crippen LogP contribution in [0.2, 0.25) is 0 Å². The Labute approximate surface area is 214 Å². The lowest BCUT2D eigenvalue weighted by Gasteiger charge is -2.23. The van der Waals surface area contributed by atoms with Gasteiger partial charge in [-0.2, -0.15) is 17.6 Å². The first kappa shape index (κ1) is 29.7. The second-order valence-electron chi connectivity index (χ2n) is 8.66. The highest BCUT2D eigenvalue weighted by Gasteiger charge is 2.31. The van der Waals surface area contributed by atoms with Crippen LogP contribution in [0.15, 0.2) is 71.7 Å². The number of carbonyl (C=O) groups excluding carboxylic acids is 1. The van der Waals surface area contributed by atoms with E-state index in [4.69, 9.17) is 0 Å². The summed E-state index contributed by atoms with van der Waals surface area (Å²) in [5.74, 6) is -1.37. The molecule has 9 heteroatoms. The molecule has 2 aromatic rings. The van der Waals surface area contributed by atoms with E-state index < -0.39 is 23.7 Å². The number of allylic oxidation sites excluding steroid dienone is 4. The molecule has 0 bridgehead atoms. The summed E-state index contributed by atoms with van der Waals surface area (Å²) in [5.41, 5.74) is 1.30. The maximum Gasteiger partial charge on any atom is 0.416 e. The van der Waals surface area contributed by atoms with Gasteiger partial charge in [-0.1, -0.05) is 31.1 Å². The number of amides is 1. The molecule has 0 aliphatic rings. The minimum atomic E-state index is -4.57. The Morgan fingerprint density at radius 2 is 1.89 bits per heavy atom. The van der Waals surface area contributed by atoms with Crippen molar-refractivity contribution in [2.75, 3.05) is 11.9 Å². The number of carbonyl (C=O) groups is 1. The van der Waals surface area contributed by atoms with Crippen molar-refractivity contribution in [2.24, 2.45) is 0 Å². The van der Waals surface area contributed by atoms with Crippen LogP contribution in [0, 0.1) is 5.95 Å². The van der Waals surface area contributed by atoms with Crippen LogP contribution in [-0.2, 0) is 11.0 Å². The lowest BCUT2D eigenvalue weighted by molar-refractivity contribution is -0.137. The normalized spacial score (nSPS) is 13.9. The Kier molecular flexibility index (Phi) is 11.0. The van der Waals surface area contributed by atoms with Gasteiger partial charge >= 0.3 is 6.18 Å². The number of rotatable bonds is 11. The fraction of sp³-hybridized carbons (Fsp3) is 0.357. The van der Waals surface area contributed by atoms with Gasteiger partial charge in [0.25, 0.3) is 0 Å². The van der Waals surface area contributed by atoms with Crippen molar-refractivity contribution < 1.29 is 26.7 Å². The molecule has 1 unspecified atom stereocenters. The van der Waals surface area contributed by atoms with E-state index in [0.717, 1.165) is 30.2 Å². The molecule has 0 saturated heterocycles. The molecule has 1 aromatic heterocycles. The van der Waals surface area contributed by atoms with Crippen LogP contribution >= 0.6 is 0 Å². The van der Waals surface area contributed by atoms with E-state index in [9.17, 15) is 26.7 Å². The van der Waals surface area contributed by atoms with Crippen LogP contribution in [0.4, 0.5) is 27.6 Å². The zero-order valence-corrected chi connectivity index (χ0v) is 21.3. The van der Waals surface area contributed by atoms with E-state index in [2.05, 4.69) is 15.6 Å². The van der Waals surface area contributed by atoms with Crippen molar-refractivity contribution in [3.63, 3.8) is 0 Å². The van der Waals surface area contributed by atoms with E-state index in [0.29, 0.717) is 36.2 Å². The average Bonchev–Trinajstić information content (AvgIpc) is 2.81. The highest BCUT2D eigenvalue weighted by molar-refractivity contribution is 5.96. The summed E-state index contributed by atoms with van der Waals surface area (Å²) < 4.78 is 66.4. The van der Waals surface area contributed by atoms with E-state index >= 15 is 0 Å². The maximum absolute atomic E-state index is 13.4. The van der Waals surface area contributed by atoms with Gasteiger partial charge in [0, 0.05) is 35.1 Å². The highest BCUT2D eigenvalue weighted by atomic mass is 19.4. The van der Waals surface area contributed by atoms with E-state index in [1.54, 1.807) is 19.1 Å². The molecule has 0 saturated carbocycles. The first-order valence-electron chi connectivity index (χ1n) is 12.0. The number of hydrogen-bond acceptors (Lipinski definition) is 3. The molecule has 0 aliphatic carbocycles. The van der Waals surface area contributed by atoms with E-state index in [1.165, 1.54) is 31.3 Å². The number of benzene rings is 1. The molecule has 0 fully saturated rings. The van der Waals surface area contributed by atoms with Gasteiger partial charge in [-0.25, -0.2) is 9.37 Å². The predicted molar refractivity (Wildman–Crippen MR) is 137 cm³/mol. The summed E-state index contributed by atoms with van der Waals surface area (Å²) in [6.07, 6.45) is 3.19. The van der Waals surface area contributed by atoms with E-state index in [1.807, 2.05) is 13.8 Å². The fourth-order valence-electron chi connectivity index (χ4n) is 3.86. The fourth-order valence-corrected chi connectivity index (χ4v) is 3.86. The summed E-state index contributed by atoms with van der Waals surface area (Å²) in [6.45, 7) is 7.26. The maximum atomic E-state index is 13.4. The molecule has 1 amide bonds. The molecule has 0 spiro atoms. The lowest BCUT2D eigenvalue weighted by atomic mass is 9.96. The lowest BCUT2D eigenvalue weighted by Crippen LogP contribution is -2.34. The number of nitrogens with zero attached hydrogens (tertiary/aromatic N) is 1. The van der Waals surface area contributed by atoms with Crippen molar-refractivity contribution in [1.82, 2.24) is 10.3 Å². The number of aromatic nitrogens is 1. The summed E-state index contributed by atoms with van der Waals surface area (Å²) >= 11 is 0. The number of hydrogen-bond donors (Lipinski definition) is 2. The van der Waals surface area contributed by atoms with Gasteiger partial charge < -0.3 is 10.6 Å². The molecule has 4 nitrogen and oxygen atoms in total. The Balaban J connectivity index is 2.34. The van der Waals surface area contributed by atoms with Gasteiger partial charge in [0.2, 0.25) is 11.9 Å². The second kappa shape index (κ2) is 13.7. The van der Waals surface area contributed by atoms with Crippen LogP contribution in [0.1, 0.15) is 52.5 Å². The monoisotopic (exact) mass is 521 g/mol. The van der Waals surface area contributed by atoms with Crippen molar-refractivity contribution in [2.45, 2.75) is 59.2 Å². The van der Waals surface area contributed by atoms with Crippen LogP contribution in [0.25, 0.3) is 11.1 Å². The molecule has 1 aromatic carbocycles. The largest absolute Gasteiger partial charge is 0.416 e. The quantitative estimate of drug-likeness (QED) is 0.104. The minimum absolute atomic E-state index is 0.184. The molecule has 2 N–H and O–H groups in total. The first-order chi connectivity index (χ1) is 17.4. The van der Waals surface area contributed by atoms with Gasteiger partial charge in [0.1, 0.15) is 0 Å². The molecule has 0 aliphatic heterocycles. The Bertz CT molecular complexity index is 1150. The Morgan fingerprint density at radius 3 is 2.49 bits per heavy atom. The number of pyridine rings is 1. The number of anilines is 1. The summed E-state index contributed by atoms with van der Waals surface area (Å²) in [4.78, 5) is 16.7. The number of nitrogens with one attached hydrogen (secondary N) is 2. The first-order valence-corrected chi connectivity index (χ1v) is 12.0. The second-order valence-corrected chi connectivity index (χ2v) is 8.66. The van der Waals surface area contributed by atoms with Crippen molar-refractivity contribution in [3.05, 3.63) is 83.2 Å². The average molecular weight is 522 g/mol. The number of alkyl halides is 3. The van der Waals surface area contributed by atoms with Gasteiger partial charge in [0.15, 0.2) is 0 Å². The molecular formula is C28H32F5N3O. The minimum Gasteiger partial charge on any atom is -0.378 e. The highest BCUT2D eigenvalue weighted by Crippen LogP contribution is 2.36. The molecule has 37 heavy (non-hydrogen) atoms. The van der Waals surface area contributed by atoms with Gasteiger partial charge in [-0.05, 0) is 70.0 Å². The standard InChI is InChI=1S/C28H32F5N3O/c1-5-9-18(2)26(27(37)34-15-8-6-7-10-19(3)29)20(4)36-24-13-12-22(28(31,32)33)16-23(24)21-11-14-25(30)35-17-21/h6-7,10-14,16-17,20,36H,5,8-9,15H2,1-4H3,(H,34,37)/b7-6-,19-10+,26-18+. The van der Waals surface area contributed by atoms with Crippen molar-refractivity contribution in [1.29, 1.82) is 0 Å². The van der Waals surface area contributed by atoms with Crippen LogP contribution in [-0.4, -0.2) is 23.5 Å². The van der Waals surface area contributed by atoms with Crippen LogP contribution in [0.5, 0.6) is 0 Å². The summed E-state index contributed by atoms with van der Waals surface area (Å²) in [6, 6.07) is 5.11. The predicted octanol–water partition coefficient (Wildman–Crippen LogP) is 7.76. The van der Waals surface area contributed by atoms with Gasteiger partial charge in [0.05, 0.1) is 17.4 Å². The zero-order chi connectivity index (χ0) is 27.6. The molecule has 0 radical (unpaired) electrons. The van der Waals surface area contributed by atoms with Crippen molar-refractivity contribution >= 4 is 11.6 Å². The smallest absolute Gasteiger partial charge is 0.378 e. The third-order valence-corrected chi connectivity index (χ3v) is 5.58. The molecular weight excluding hydrogens is 489 g/mol. The molecule has 1 heterocycles. The summed E-state index contributed by atoms with van der Waals surface area (Å²) in [7, 11) is 0. The topological polar surface area (TPSA) is 54.0 Å².